The Hall–Kier alpha value is -1.32. The van der Waals surface area contributed by atoms with Crippen molar-refractivity contribution in [1.82, 2.24) is 9.97 Å². The largest absolute Gasteiger partial charge is 0.373 e. The zero-order valence-electron chi connectivity index (χ0n) is 12.5. The SMILES string of the molecule is CCc1nc(NC)c(C)c(NC(C)CC(C)C)n1. The fourth-order valence-electron chi connectivity index (χ4n) is 2.10. The van der Waals surface area contributed by atoms with Gasteiger partial charge in [-0.2, -0.15) is 0 Å². The van der Waals surface area contributed by atoms with Gasteiger partial charge in [-0.3, -0.25) is 0 Å². The summed E-state index contributed by atoms with van der Waals surface area (Å²) in [7, 11) is 1.90. The third-order valence-electron chi connectivity index (χ3n) is 2.95. The molecule has 1 aromatic heterocycles. The molecule has 0 aromatic carbocycles. The van der Waals surface area contributed by atoms with Crippen LogP contribution >= 0.6 is 0 Å². The van der Waals surface area contributed by atoms with E-state index in [1.807, 2.05) is 7.05 Å². The molecule has 1 unspecified atom stereocenters. The van der Waals surface area contributed by atoms with Crippen molar-refractivity contribution in [1.29, 1.82) is 0 Å². The van der Waals surface area contributed by atoms with E-state index in [0.29, 0.717) is 12.0 Å². The predicted octanol–water partition coefficient (Wildman–Crippen LogP) is 3.24. The zero-order valence-corrected chi connectivity index (χ0v) is 12.5. The summed E-state index contributed by atoms with van der Waals surface area (Å²) >= 11 is 0. The van der Waals surface area contributed by atoms with E-state index >= 15 is 0 Å². The molecular weight excluding hydrogens is 224 g/mol. The number of hydrogen-bond donors (Lipinski definition) is 2. The molecule has 0 amide bonds. The standard InChI is InChI=1S/C14H26N4/c1-7-12-17-13(15-6)11(5)14(18-12)16-10(4)8-9(2)3/h9-10H,7-8H2,1-6H3,(H2,15,16,17,18). The molecule has 1 atom stereocenters. The molecule has 0 aliphatic rings. The minimum absolute atomic E-state index is 0.424. The number of nitrogens with one attached hydrogen (secondary N) is 2. The van der Waals surface area contributed by atoms with Gasteiger partial charge in [0.15, 0.2) is 0 Å². The van der Waals surface area contributed by atoms with Gasteiger partial charge in [-0.15, -0.1) is 0 Å². The molecule has 4 heteroatoms. The lowest BCUT2D eigenvalue weighted by Gasteiger charge is -2.19. The number of aryl methyl sites for hydroxylation is 1. The second kappa shape index (κ2) is 6.57. The van der Waals surface area contributed by atoms with Crippen molar-refractivity contribution in [2.45, 2.75) is 53.5 Å². The number of aromatic nitrogens is 2. The highest BCUT2D eigenvalue weighted by Crippen LogP contribution is 2.21. The molecular formula is C14H26N4. The van der Waals surface area contributed by atoms with Crippen LogP contribution in [0.5, 0.6) is 0 Å². The van der Waals surface area contributed by atoms with E-state index in [-0.39, 0.29) is 0 Å². The molecule has 4 nitrogen and oxygen atoms in total. The van der Waals surface area contributed by atoms with Crippen molar-refractivity contribution in [3.63, 3.8) is 0 Å². The van der Waals surface area contributed by atoms with Crippen LogP contribution in [0, 0.1) is 12.8 Å². The van der Waals surface area contributed by atoms with Crippen LogP contribution < -0.4 is 10.6 Å². The van der Waals surface area contributed by atoms with Crippen LogP contribution in [-0.2, 0) is 6.42 Å². The van der Waals surface area contributed by atoms with Gasteiger partial charge in [0.05, 0.1) is 0 Å². The summed E-state index contributed by atoms with van der Waals surface area (Å²) in [6.07, 6.45) is 1.99. The maximum absolute atomic E-state index is 4.58. The van der Waals surface area contributed by atoms with Gasteiger partial charge in [-0.05, 0) is 26.2 Å². The topological polar surface area (TPSA) is 49.8 Å². The summed E-state index contributed by atoms with van der Waals surface area (Å²) in [4.78, 5) is 9.06. The van der Waals surface area contributed by atoms with E-state index in [1.54, 1.807) is 0 Å². The Bertz CT molecular complexity index is 388. The first kappa shape index (κ1) is 14.7. The number of hydrogen-bond acceptors (Lipinski definition) is 4. The van der Waals surface area contributed by atoms with E-state index in [0.717, 1.165) is 35.9 Å². The highest BCUT2D eigenvalue weighted by atomic mass is 15.1. The minimum atomic E-state index is 0.424. The van der Waals surface area contributed by atoms with Gasteiger partial charge in [-0.25, -0.2) is 9.97 Å². The highest BCUT2D eigenvalue weighted by molar-refractivity contribution is 5.57. The Morgan fingerprint density at radius 2 is 1.72 bits per heavy atom. The van der Waals surface area contributed by atoms with Crippen LogP contribution in [0.15, 0.2) is 0 Å². The number of nitrogens with zero attached hydrogens (tertiary/aromatic N) is 2. The number of rotatable bonds is 6. The molecule has 0 bridgehead atoms. The smallest absolute Gasteiger partial charge is 0.134 e. The summed E-state index contributed by atoms with van der Waals surface area (Å²) in [5.74, 6) is 3.44. The molecule has 0 saturated heterocycles. The van der Waals surface area contributed by atoms with Crippen molar-refractivity contribution < 1.29 is 0 Å². The lowest BCUT2D eigenvalue weighted by Crippen LogP contribution is -2.20. The van der Waals surface area contributed by atoms with Gasteiger partial charge in [-0.1, -0.05) is 20.8 Å². The van der Waals surface area contributed by atoms with E-state index in [1.165, 1.54) is 0 Å². The Kier molecular flexibility index (Phi) is 5.38. The first-order valence-corrected chi connectivity index (χ1v) is 6.79. The first-order valence-electron chi connectivity index (χ1n) is 6.79. The molecule has 0 fully saturated rings. The van der Waals surface area contributed by atoms with Gasteiger partial charge in [0.25, 0.3) is 0 Å². The first-order chi connectivity index (χ1) is 8.47. The molecule has 1 rings (SSSR count). The van der Waals surface area contributed by atoms with Crippen LogP contribution in [-0.4, -0.2) is 23.1 Å². The third-order valence-corrected chi connectivity index (χ3v) is 2.95. The zero-order chi connectivity index (χ0) is 13.7. The normalized spacial score (nSPS) is 12.6. The summed E-state index contributed by atoms with van der Waals surface area (Å²) < 4.78 is 0. The Morgan fingerprint density at radius 1 is 1.11 bits per heavy atom. The van der Waals surface area contributed by atoms with Crippen LogP contribution in [0.3, 0.4) is 0 Å². The summed E-state index contributed by atoms with van der Waals surface area (Å²) in [6, 6.07) is 0.424. The van der Waals surface area contributed by atoms with Crippen molar-refractivity contribution in [3.05, 3.63) is 11.4 Å². The van der Waals surface area contributed by atoms with E-state index in [4.69, 9.17) is 0 Å². The van der Waals surface area contributed by atoms with Crippen molar-refractivity contribution in [2.75, 3.05) is 17.7 Å². The predicted molar refractivity (Wildman–Crippen MR) is 78.2 cm³/mol. The molecule has 0 aliphatic carbocycles. The van der Waals surface area contributed by atoms with Crippen molar-refractivity contribution >= 4 is 11.6 Å². The van der Waals surface area contributed by atoms with Crippen LogP contribution in [0.25, 0.3) is 0 Å². The number of anilines is 2. The minimum Gasteiger partial charge on any atom is -0.373 e. The van der Waals surface area contributed by atoms with Gasteiger partial charge < -0.3 is 10.6 Å². The molecule has 18 heavy (non-hydrogen) atoms. The molecule has 1 aromatic rings. The molecule has 1 heterocycles. The average Bonchev–Trinajstić information content (AvgIpc) is 2.30. The summed E-state index contributed by atoms with van der Waals surface area (Å²) in [6.45, 7) is 10.8. The Morgan fingerprint density at radius 3 is 2.22 bits per heavy atom. The lowest BCUT2D eigenvalue weighted by molar-refractivity contribution is 0.538. The van der Waals surface area contributed by atoms with E-state index in [2.05, 4.69) is 55.2 Å². The van der Waals surface area contributed by atoms with Gasteiger partial charge in [0.1, 0.15) is 17.5 Å². The maximum Gasteiger partial charge on any atom is 0.134 e. The van der Waals surface area contributed by atoms with Gasteiger partial charge in [0, 0.05) is 25.1 Å². The highest BCUT2D eigenvalue weighted by Gasteiger charge is 2.12. The van der Waals surface area contributed by atoms with Crippen molar-refractivity contribution in [3.8, 4) is 0 Å². The second-order valence-corrected chi connectivity index (χ2v) is 5.24. The molecule has 0 radical (unpaired) electrons. The molecule has 102 valence electrons. The molecule has 2 N–H and O–H groups in total. The summed E-state index contributed by atoms with van der Waals surface area (Å²) in [5.41, 5.74) is 1.09. The Balaban J connectivity index is 2.93. The maximum atomic E-state index is 4.58. The lowest BCUT2D eigenvalue weighted by atomic mass is 10.1. The van der Waals surface area contributed by atoms with Gasteiger partial charge >= 0.3 is 0 Å². The Labute approximate surface area is 111 Å². The monoisotopic (exact) mass is 250 g/mol. The fraction of sp³-hybridized carbons (Fsp3) is 0.714. The van der Waals surface area contributed by atoms with E-state index < -0.39 is 0 Å². The molecule has 0 saturated carbocycles. The van der Waals surface area contributed by atoms with Crippen LogP contribution in [0.1, 0.15) is 45.5 Å². The quantitative estimate of drug-likeness (QED) is 0.814. The molecule has 0 aliphatic heterocycles. The molecule has 0 spiro atoms. The van der Waals surface area contributed by atoms with Gasteiger partial charge in [0.2, 0.25) is 0 Å². The fourth-order valence-corrected chi connectivity index (χ4v) is 2.10. The average molecular weight is 250 g/mol. The third kappa shape index (κ3) is 3.86. The summed E-state index contributed by atoms with van der Waals surface area (Å²) in [5, 5.41) is 6.63. The van der Waals surface area contributed by atoms with E-state index in [9.17, 15) is 0 Å². The van der Waals surface area contributed by atoms with Crippen molar-refractivity contribution in [2.24, 2.45) is 5.92 Å². The van der Waals surface area contributed by atoms with Crippen LogP contribution in [0.2, 0.25) is 0 Å². The van der Waals surface area contributed by atoms with Crippen LogP contribution in [0.4, 0.5) is 11.6 Å². The second-order valence-electron chi connectivity index (χ2n) is 5.24.